The van der Waals surface area contributed by atoms with Crippen molar-refractivity contribution in [3.8, 4) is 0 Å². The molecule has 0 aliphatic carbocycles. The summed E-state index contributed by atoms with van der Waals surface area (Å²) in [4.78, 5) is 0. The highest BCUT2D eigenvalue weighted by Crippen LogP contribution is 2.55. The van der Waals surface area contributed by atoms with Crippen molar-refractivity contribution in [1.82, 2.24) is 0 Å². The number of rotatable bonds is 2. The van der Waals surface area contributed by atoms with Crippen LogP contribution in [0.5, 0.6) is 0 Å². The molecule has 0 amide bonds. The van der Waals surface area contributed by atoms with E-state index >= 15 is 0 Å². The second-order valence-corrected chi connectivity index (χ2v) is 3.43. The molecule has 1 aromatic rings. The molecule has 0 unspecified atom stereocenters. The van der Waals surface area contributed by atoms with E-state index in [1.54, 1.807) is 18.2 Å². The lowest BCUT2D eigenvalue weighted by Gasteiger charge is -2.08. The molecule has 1 rings (SSSR count). The largest absolute Gasteiger partial charge is 0.213 e. The second kappa shape index (κ2) is 3.17. The zero-order chi connectivity index (χ0) is 8.32. The lowest BCUT2D eigenvalue weighted by molar-refractivity contribution is 0.631. The Morgan fingerprint density at radius 1 is 1.00 bits per heavy atom. The first-order valence-corrected chi connectivity index (χ1v) is 4.52. The average Bonchev–Trinajstić information content (AvgIpc) is 1.85. The molecule has 0 fully saturated rings. The second-order valence-electron chi connectivity index (χ2n) is 2.13. The fraction of sp³-hybridized carbons (Fsp3) is 0.143. The highest BCUT2D eigenvalue weighted by molar-refractivity contribution is 8.20. The minimum absolute atomic E-state index is 0.343. The molecule has 0 radical (unpaired) electrons. The van der Waals surface area contributed by atoms with Gasteiger partial charge in [-0.05, 0) is 5.56 Å². The minimum Gasteiger partial charge on any atom is -0.125 e. The summed E-state index contributed by atoms with van der Waals surface area (Å²) in [6.45, 7) is 0. The first-order chi connectivity index (χ1) is 5.08. The van der Waals surface area contributed by atoms with Crippen LogP contribution in [0.3, 0.4) is 0 Å². The summed E-state index contributed by atoms with van der Waals surface area (Å²) in [7, 11) is 0. The Hall–Kier alpha value is -0.640. The Kier molecular flexibility index (Phi) is 2.44. The molecule has 0 saturated carbocycles. The van der Waals surface area contributed by atoms with Crippen molar-refractivity contribution in [2.75, 3.05) is 0 Å². The van der Waals surface area contributed by atoms with E-state index < -0.39 is 16.9 Å². The molecule has 0 spiro atoms. The first-order valence-electron chi connectivity index (χ1n) is 3.02. The number of benzene rings is 1. The third kappa shape index (κ3) is 3.32. The van der Waals surface area contributed by atoms with Gasteiger partial charge in [-0.15, -0.1) is 11.7 Å². The van der Waals surface area contributed by atoms with Crippen molar-refractivity contribution >= 4 is 11.2 Å². The molecule has 0 atom stereocenters. The molecule has 0 bridgehead atoms. The monoisotopic (exact) mass is 180 g/mol. The quantitative estimate of drug-likeness (QED) is 0.651. The third-order valence-corrected chi connectivity index (χ3v) is 1.83. The van der Waals surface area contributed by atoms with Gasteiger partial charge in [-0.1, -0.05) is 30.3 Å². The van der Waals surface area contributed by atoms with Gasteiger partial charge < -0.3 is 0 Å². The van der Waals surface area contributed by atoms with Gasteiger partial charge >= 0.3 is 0 Å². The van der Waals surface area contributed by atoms with E-state index in [-0.39, 0.29) is 0 Å². The summed E-state index contributed by atoms with van der Waals surface area (Å²) in [5.74, 6) is -0.756. The zero-order valence-corrected chi connectivity index (χ0v) is 6.45. The van der Waals surface area contributed by atoms with Gasteiger partial charge in [-0.2, -0.15) is 0 Å². The molecule has 62 valence electrons. The molecule has 0 saturated heterocycles. The molecule has 0 aliphatic heterocycles. The first kappa shape index (κ1) is 8.46. The summed E-state index contributed by atoms with van der Waals surface area (Å²) in [6, 6.07) is 7.90. The zero-order valence-electron chi connectivity index (χ0n) is 5.64. The molecule has 11 heavy (non-hydrogen) atoms. The van der Waals surface area contributed by atoms with Gasteiger partial charge in [-0.3, -0.25) is 0 Å². The summed E-state index contributed by atoms with van der Waals surface area (Å²) in [6.07, 6.45) is 0. The van der Waals surface area contributed by atoms with E-state index in [9.17, 15) is 11.7 Å². The van der Waals surface area contributed by atoms with Crippen LogP contribution in [-0.2, 0) is 5.75 Å². The smallest absolute Gasteiger partial charge is 0.125 e. The number of hydrogen-bond acceptors (Lipinski definition) is 0. The van der Waals surface area contributed by atoms with Gasteiger partial charge in [0.15, 0.2) is 0 Å². The summed E-state index contributed by atoms with van der Waals surface area (Å²) in [5.41, 5.74) is 0.343. The lowest BCUT2D eigenvalue weighted by atomic mass is 10.2. The normalized spacial score (nSPS) is 13.0. The molecular weight excluding hydrogens is 173 g/mol. The van der Waals surface area contributed by atoms with Crippen molar-refractivity contribution in [2.45, 2.75) is 5.75 Å². The highest BCUT2D eigenvalue weighted by Gasteiger charge is 2.20. The number of halogens is 3. The fourth-order valence-corrected chi connectivity index (χ4v) is 1.33. The molecule has 1 aromatic carbocycles. The maximum absolute atomic E-state index is 11.8. The molecule has 0 heterocycles. The predicted octanol–water partition coefficient (Wildman–Crippen LogP) is 3.64. The molecule has 0 N–H and O–H groups in total. The lowest BCUT2D eigenvalue weighted by Crippen LogP contribution is -1.84. The van der Waals surface area contributed by atoms with Gasteiger partial charge in [0.25, 0.3) is 0 Å². The third-order valence-electron chi connectivity index (χ3n) is 1.17. The summed E-state index contributed by atoms with van der Waals surface area (Å²) < 4.78 is 35.5. The molecule has 0 nitrogen and oxygen atoms in total. The van der Waals surface area contributed by atoms with E-state index in [0.29, 0.717) is 5.56 Å². The number of hydrogen-bond donors (Lipinski definition) is 0. The Morgan fingerprint density at radius 3 is 2.00 bits per heavy atom. The van der Waals surface area contributed by atoms with Crippen LogP contribution < -0.4 is 0 Å². The molecule has 4 heteroatoms. The topological polar surface area (TPSA) is 0 Å². The van der Waals surface area contributed by atoms with Gasteiger partial charge in [0.2, 0.25) is 11.2 Å². The summed E-state index contributed by atoms with van der Waals surface area (Å²) >= 11 is -4.88. The fourth-order valence-electron chi connectivity index (χ4n) is 0.763. The van der Waals surface area contributed by atoms with Crippen LogP contribution in [0.2, 0.25) is 0 Å². The van der Waals surface area contributed by atoms with Crippen LogP contribution in [0.25, 0.3) is 0 Å². The Bertz CT molecular complexity index is 217. The van der Waals surface area contributed by atoms with E-state index in [0.717, 1.165) is 0 Å². The van der Waals surface area contributed by atoms with Crippen LogP contribution in [0.4, 0.5) is 11.7 Å². The van der Waals surface area contributed by atoms with Crippen molar-refractivity contribution in [3.63, 3.8) is 0 Å². The van der Waals surface area contributed by atoms with E-state index in [2.05, 4.69) is 0 Å². The maximum atomic E-state index is 11.8. The summed E-state index contributed by atoms with van der Waals surface area (Å²) in [5, 5.41) is 0. The van der Waals surface area contributed by atoms with Crippen molar-refractivity contribution in [3.05, 3.63) is 35.9 Å². The van der Waals surface area contributed by atoms with Crippen LogP contribution in [-0.4, -0.2) is 0 Å². The minimum atomic E-state index is -4.88. The molecule has 0 aliphatic rings. The Labute approximate surface area is 65.2 Å². The SMILES string of the molecule is FS(F)(F)Cc1ccccc1. The van der Waals surface area contributed by atoms with Crippen molar-refractivity contribution in [1.29, 1.82) is 0 Å². The average molecular weight is 180 g/mol. The van der Waals surface area contributed by atoms with Gasteiger partial charge in [0.05, 0.1) is 5.75 Å². The molecule has 0 aromatic heterocycles. The van der Waals surface area contributed by atoms with Gasteiger partial charge in [0, 0.05) is 0 Å². The van der Waals surface area contributed by atoms with Crippen LogP contribution in [0.15, 0.2) is 30.3 Å². The standard InChI is InChI=1S/C7H7F3S/c8-11(9,10)6-7-4-2-1-3-5-7/h1-5H,6H2. The highest BCUT2D eigenvalue weighted by atomic mass is 32.3. The van der Waals surface area contributed by atoms with E-state index in [4.69, 9.17) is 0 Å². The Balaban J connectivity index is 2.66. The van der Waals surface area contributed by atoms with E-state index in [1.807, 2.05) is 0 Å². The van der Waals surface area contributed by atoms with Crippen molar-refractivity contribution in [2.24, 2.45) is 0 Å². The van der Waals surface area contributed by atoms with Crippen LogP contribution in [0, 0.1) is 0 Å². The molecular formula is C7H7F3S. The van der Waals surface area contributed by atoms with Crippen molar-refractivity contribution < 1.29 is 11.7 Å². The van der Waals surface area contributed by atoms with Gasteiger partial charge in [0.1, 0.15) is 0 Å². The van der Waals surface area contributed by atoms with E-state index in [1.165, 1.54) is 12.1 Å². The predicted molar refractivity (Wildman–Crippen MR) is 41.1 cm³/mol. The maximum Gasteiger partial charge on any atom is 0.213 e. The van der Waals surface area contributed by atoms with Crippen LogP contribution >= 0.6 is 11.2 Å². The van der Waals surface area contributed by atoms with Gasteiger partial charge in [-0.25, -0.2) is 0 Å². The Morgan fingerprint density at radius 2 is 1.55 bits per heavy atom. The van der Waals surface area contributed by atoms with Crippen LogP contribution in [0.1, 0.15) is 5.56 Å².